The lowest BCUT2D eigenvalue weighted by atomic mass is 9.92. The minimum Gasteiger partial charge on any atom is -0.379 e. The Morgan fingerprint density at radius 1 is 0.833 bits per heavy atom. The molecule has 194 valence electrons. The van der Waals surface area contributed by atoms with Crippen molar-refractivity contribution in [1.82, 2.24) is 15.1 Å². The van der Waals surface area contributed by atoms with Crippen molar-refractivity contribution in [2.75, 3.05) is 70.5 Å². The molecule has 1 N–H and O–H groups in total. The molecule has 1 amide bonds. The summed E-state index contributed by atoms with van der Waals surface area (Å²) in [4.78, 5) is 20.2. The third kappa shape index (κ3) is 6.67. The maximum absolute atomic E-state index is 12.6. The van der Waals surface area contributed by atoms with E-state index >= 15 is 0 Å². The lowest BCUT2D eigenvalue weighted by Crippen LogP contribution is -2.45. The van der Waals surface area contributed by atoms with Crippen LogP contribution in [0.3, 0.4) is 0 Å². The Morgan fingerprint density at radius 2 is 1.58 bits per heavy atom. The zero-order valence-electron chi connectivity index (χ0n) is 21.6. The van der Waals surface area contributed by atoms with E-state index in [1.165, 1.54) is 56.4 Å². The summed E-state index contributed by atoms with van der Waals surface area (Å²) in [6.45, 7) is 9.69. The fourth-order valence-electron chi connectivity index (χ4n) is 6.11. The second-order valence-corrected chi connectivity index (χ2v) is 10.5. The molecule has 0 radical (unpaired) electrons. The van der Waals surface area contributed by atoms with Gasteiger partial charge in [0.1, 0.15) is 0 Å². The molecule has 1 atom stereocenters. The molecule has 3 saturated heterocycles. The van der Waals surface area contributed by atoms with Crippen molar-refractivity contribution < 1.29 is 9.53 Å². The number of nitrogens with zero attached hydrogens (tertiary/aromatic N) is 3. The van der Waals surface area contributed by atoms with Gasteiger partial charge in [-0.2, -0.15) is 0 Å². The molecule has 3 heterocycles. The summed E-state index contributed by atoms with van der Waals surface area (Å²) in [6, 6.07) is 20.0. The molecule has 0 saturated carbocycles. The lowest BCUT2D eigenvalue weighted by molar-refractivity contribution is 0.0383. The summed E-state index contributed by atoms with van der Waals surface area (Å²) in [7, 11) is 0. The fraction of sp³-hybridized carbons (Fsp3) is 0.567. The molecule has 5 rings (SSSR count). The van der Waals surface area contributed by atoms with Gasteiger partial charge in [0.05, 0.1) is 13.2 Å². The third-order valence-corrected chi connectivity index (χ3v) is 8.33. The highest BCUT2D eigenvalue weighted by atomic mass is 16.5. The molecule has 6 nitrogen and oxygen atoms in total. The number of morpholine rings is 1. The molecule has 6 heteroatoms. The Hall–Kier alpha value is -2.41. The first-order valence-electron chi connectivity index (χ1n) is 14.0. The topological polar surface area (TPSA) is 48.1 Å². The van der Waals surface area contributed by atoms with Gasteiger partial charge >= 0.3 is 0 Å². The van der Waals surface area contributed by atoms with Crippen LogP contribution in [0.1, 0.15) is 53.9 Å². The number of anilines is 1. The molecule has 0 bridgehead atoms. The van der Waals surface area contributed by atoms with Gasteiger partial charge in [-0.1, -0.05) is 30.3 Å². The number of piperidine rings is 1. The summed E-state index contributed by atoms with van der Waals surface area (Å²) in [6.07, 6.45) is 6.34. The van der Waals surface area contributed by atoms with Crippen molar-refractivity contribution >= 4 is 11.6 Å². The second kappa shape index (κ2) is 12.7. The van der Waals surface area contributed by atoms with Crippen LogP contribution >= 0.6 is 0 Å². The van der Waals surface area contributed by atoms with Crippen molar-refractivity contribution in [3.8, 4) is 0 Å². The van der Waals surface area contributed by atoms with Crippen LogP contribution in [0.4, 0.5) is 5.69 Å². The highest BCUT2D eigenvalue weighted by Crippen LogP contribution is 2.30. The molecule has 3 fully saturated rings. The van der Waals surface area contributed by atoms with E-state index in [1.54, 1.807) is 0 Å². The van der Waals surface area contributed by atoms with E-state index < -0.39 is 0 Å². The molecular weight excluding hydrogens is 448 g/mol. The molecule has 2 aromatic rings. The molecule has 36 heavy (non-hydrogen) atoms. The van der Waals surface area contributed by atoms with Crippen LogP contribution in [0.25, 0.3) is 0 Å². The maximum Gasteiger partial charge on any atom is 0.251 e. The molecule has 0 aromatic heterocycles. The monoisotopic (exact) mass is 490 g/mol. The highest BCUT2D eigenvalue weighted by Gasteiger charge is 2.27. The van der Waals surface area contributed by atoms with E-state index in [1.807, 2.05) is 12.1 Å². The number of benzene rings is 2. The van der Waals surface area contributed by atoms with E-state index in [2.05, 4.69) is 62.5 Å². The smallest absolute Gasteiger partial charge is 0.251 e. The predicted octanol–water partition coefficient (Wildman–Crippen LogP) is 3.99. The number of likely N-dealkylation sites (tertiary alicyclic amines) is 1. The number of ether oxygens (including phenoxy) is 1. The van der Waals surface area contributed by atoms with Crippen molar-refractivity contribution in [2.24, 2.45) is 0 Å². The number of carbonyl (C=O) groups is 1. The number of rotatable bonds is 7. The third-order valence-electron chi connectivity index (χ3n) is 8.33. The Morgan fingerprint density at radius 3 is 2.33 bits per heavy atom. The van der Waals surface area contributed by atoms with Crippen LogP contribution < -0.4 is 10.2 Å². The molecular formula is C30H42N4O2. The first kappa shape index (κ1) is 25.2. The molecule has 0 spiro atoms. The lowest BCUT2D eigenvalue weighted by Gasteiger charge is -2.39. The summed E-state index contributed by atoms with van der Waals surface area (Å²) >= 11 is 0. The maximum atomic E-state index is 12.6. The molecule has 2 aromatic carbocycles. The molecule has 1 unspecified atom stereocenters. The van der Waals surface area contributed by atoms with Gasteiger partial charge in [0.25, 0.3) is 5.91 Å². The summed E-state index contributed by atoms with van der Waals surface area (Å²) in [5.41, 5.74) is 3.50. The van der Waals surface area contributed by atoms with Gasteiger partial charge in [-0.15, -0.1) is 0 Å². The van der Waals surface area contributed by atoms with Crippen molar-refractivity contribution in [3.05, 3.63) is 65.7 Å². The molecule has 3 aliphatic rings. The van der Waals surface area contributed by atoms with Crippen molar-refractivity contribution in [2.45, 2.75) is 44.1 Å². The largest absolute Gasteiger partial charge is 0.379 e. The van der Waals surface area contributed by atoms with E-state index in [4.69, 9.17) is 4.74 Å². The number of hydrogen-bond donors (Lipinski definition) is 1. The molecule has 3 aliphatic heterocycles. The van der Waals surface area contributed by atoms with Gasteiger partial charge in [-0.3, -0.25) is 9.69 Å². The Labute approximate surface area is 216 Å². The van der Waals surface area contributed by atoms with Gasteiger partial charge in [0.15, 0.2) is 0 Å². The van der Waals surface area contributed by atoms with E-state index in [9.17, 15) is 4.79 Å². The van der Waals surface area contributed by atoms with E-state index in [0.717, 1.165) is 51.5 Å². The first-order chi connectivity index (χ1) is 17.8. The first-order valence-corrected chi connectivity index (χ1v) is 14.0. The quantitative estimate of drug-likeness (QED) is 0.636. The van der Waals surface area contributed by atoms with E-state index in [-0.39, 0.29) is 5.91 Å². The number of nitrogens with one attached hydrogen (secondary N) is 1. The number of amides is 1. The zero-order valence-corrected chi connectivity index (χ0v) is 21.6. The average Bonchev–Trinajstić information content (AvgIpc) is 3.21. The van der Waals surface area contributed by atoms with Gasteiger partial charge in [0, 0.05) is 56.6 Å². The fourth-order valence-corrected chi connectivity index (χ4v) is 6.11. The summed E-state index contributed by atoms with van der Waals surface area (Å²) < 4.78 is 5.38. The Balaban J connectivity index is 1.05. The highest BCUT2D eigenvalue weighted by molar-refractivity contribution is 5.94. The average molecular weight is 491 g/mol. The number of carbonyl (C=O) groups excluding carboxylic acids is 1. The van der Waals surface area contributed by atoms with Crippen LogP contribution in [0.15, 0.2) is 54.6 Å². The van der Waals surface area contributed by atoms with Gasteiger partial charge in [-0.05, 0) is 80.9 Å². The summed E-state index contributed by atoms with van der Waals surface area (Å²) in [5, 5.41) is 3.07. The van der Waals surface area contributed by atoms with Gasteiger partial charge < -0.3 is 19.9 Å². The van der Waals surface area contributed by atoms with E-state index in [0.29, 0.717) is 18.5 Å². The molecule has 0 aliphatic carbocycles. The summed E-state index contributed by atoms with van der Waals surface area (Å²) in [5.74, 6) is 0.731. The van der Waals surface area contributed by atoms with Crippen molar-refractivity contribution in [3.63, 3.8) is 0 Å². The van der Waals surface area contributed by atoms with Crippen LogP contribution in [0.2, 0.25) is 0 Å². The van der Waals surface area contributed by atoms with Crippen LogP contribution in [-0.2, 0) is 4.74 Å². The second-order valence-electron chi connectivity index (χ2n) is 10.5. The predicted molar refractivity (Wildman–Crippen MR) is 146 cm³/mol. The van der Waals surface area contributed by atoms with Gasteiger partial charge in [-0.25, -0.2) is 0 Å². The Bertz CT molecular complexity index is 937. The zero-order chi connectivity index (χ0) is 24.6. The number of hydrogen-bond acceptors (Lipinski definition) is 5. The minimum atomic E-state index is 0.0171. The van der Waals surface area contributed by atoms with Crippen LogP contribution in [-0.4, -0.2) is 87.3 Å². The van der Waals surface area contributed by atoms with Crippen molar-refractivity contribution in [1.29, 1.82) is 0 Å². The minimum absolute atomic E-state index is 0.0171. The van der Waals surface area contributed by atoms with Crippen LogP contribution in [0, 0.1) is 0 Å². The standard InChI is InChI=1S/C30H42N4O2/c35-30(31-15-20-32-21-23-36-24-22-32)27-8-10-28(11-9-27)34-18-13-29(14-19-34)33-16-4-7-26(12-17-33)25-5-2-1-3-6-25/h1-3,5-6,8-11,26,29H,4,7,12-24H2,(H,31,35). The normalized spacial score (nSPS) is 22.8. The van der Waals surface area contributed by atoms with Gasteiger partial charge in [0.2, 0.25) is 0 Å². The SMILES string of the molecule is O=C(NCCN1CCOCC1)c1ccc(N2CCC(N3CCCC(c4ccccc4)CC3)CC2)cc1. The Kier molecular flexibility index (Phi) is 8.91. The van der Waals surface area contributed by atoms with Crippen LogP contribution in [0.5, 0.6) is 0 Å².